The summed E-state index contributed by atoms with van der Waals surface area (Å²) in [6.45, 7) is 0. The van der Waals surface area contributed by atoms with Crippen LogP contribution in [0.15, 0.2) is 0 Å². The molecule has 0 aliphatic heterocycles. The van der Waals surface area contributed by atoms with Crippen molar-refractivity contribution in [1.29, 1.82) is 0 Å². The van der Waals surface area contributed by atoms with Crippen molar-refractivity contribution in [3.63, 3.8) is 0 Å². The van der Waals surface area contributed by atoms with E-state index < -0.39 is 33.4 Å². The van der Waals surface area contributed by atoms with Crippen LogP contribution in [0.25, 0.3) is 0 Å². The summed E-state index contributed by atoms with van der Waals surface area (Å²) in [6, 6.07) is 0. The molecule has 0 aromatic rings. The van der Waals surface area contributed by atoms with Crippen molar-refractivity contribution < 1.29 is 18.9 Å². The van der Waals surface area contributed by atoms with Gasteiger partial charge in [-0.05, 0) is 38.5 Å². The van der Waals surface area contributed by atoms with Gasteiger partial charge in [0.2, 0.25) is 0 Å². The molecule has 4 nitrogen and oxygen atoms in total. The zero-order valence-electron chi connectivity index (χ0n) is 16.1. The molecule has 0 spiro atoms. The summed E-state index contributed by atoms with van der Waals surface area (Å²) in [6.07, 6.45) is 1.58. The van der Waals surface area contributed by atoms with Crippen molar-refractivity contribution in [2.24, 2.45) is 0 Å². The average Bonchev–Trinajstić information content (AvgIpc) is 2.51. The van der Waals surface area contributed by atoms with Gasteiger partial charge in [0.15, 0.2) is 16.3 Å². The summed E-state index contributed by atoms with van der Waals surface area (Å²) < 4.78 is 9.70. The predicted octanol–water partition coefficient (Wildman–Crippen LogP) is 10.5. The van der Waals surface area contributed by atoms with E-state index in [-0.39, 0.29) is 32.1 Å². The molecule has 0 unspecified atom stereocenters. The largest absolute Gasteiger partial charge is 0.470 e. The molecule has 17 heteroatoms. The van der Waals surface area contributed by atoms with Crippen LogP contribution in [0.1, 0.15) is 57.8 Å². The number of hydrogen-bond donors (Lipinski definition) is 2. The molecule has 0 bridgehead atoms. The Kier molecular flexibility index (Phi) is 16.2. The minimum absolute atomic E-state index is 0.0289. The lowest BCUT2D eigenvalue weighted by molar-refractivity contribution is -0.00389. The van der Waals surface area contributed by atoms with Gasteiger partial charge in [0.05, 0.1) is 3.74 Å². The Hall–Kier alpha value is 3.97. The molecule has 0 saturated heterocycles. The number of unbranched alkanes of at least 4 members (excludes halogenated alkanes) is 2. The van der Waals surface area contributed by atoms with Crippen molar-refractivity contribution in [1.82, 2.24) is 0 Å². The molecule has 0 atom stereocenters. The molecule has 0 saturated carbocycles. The Labute approximate surface area is 255 Å². The SMILES string of the molecule is O=P(O)(O)OC(CC(Br)Br)(C(Cl)(Cl)CCCCC(Cl)(Cl)Cl)C(Cl)(Cl)CCCCC(Cl)(Cl)Cl. The Morgan fingerprint density at radius 3 is 1.25 bits per heavy atom. The molecule has 0 aromatic heterocycles. The van der Waals surface area contributed by atoms with Crippen LogP contribution in [-0.2, 0) is 9.09 Å². The van der Waals surface area contributed by atoms with E-state index in [1.807, 2.05) is 0 Å². The van der Waals surface area contributed by atoms with Gasteiger partial charge in [0.1, 0.15) is 5.60 Å². The highest BCUT2D eigenvalue weighted by Gasteiger charge is 2.65. The highest BCUT2D eigenvalue weighted by atomic mass is 79.9. The summed E-state index contributed by atoms with van der Waals surface area (Å²) in [4.78, 5) is 19.3. The zero-order valence-corrected chi connectivity index (χ0v) is 27.8. The lowest BCUT2D eigenvalue weighted by Gasteiger charge is -2.50. The number of phosphoric ester groups is 1. The quantitative estimate of drug-likeness (QED) is 0.104. The molecular formula is C15H21Br2Cl10O4P. The van der Waals surface area contributed by atoms with Crippen molar-refractivity contribution >= 4 is 156 Å². The van der Waals surface area contributed by atoms with Gasteiger partial charge in [-0.1, -0.05) is 161 Å². The first kappa shape index (κ1) is 36.0. The average molecular weight is 811 g/mol. The summed E-state index contributed by atoms with van der Waals surface area (Å²) in [5.74, 6) is 0. The van der Waals surface area contributed by atoms with Crippen LogP contribution in [-0.4, -0.2) is 35.4 Å². The highest BCUT2D eigenvalue weighted by molar-refractivity contribution is 9.24. The third-order valence-corrected chi connectivity index (χ3v) is 8.61. The maximum atomic E-state index is 11.9. The number of rotatable bonds is 14. The molecule has 0 fully saturated rings. The minimum atomic E-state index is -5.17. The van der Waals surface area contributed by atoms with Crippen molar-refractivity contribution in [3.8, 4) is 0 Å². The molecular weight excluding hydrogens is 789 g/mol. The molecule has 0 aliphatic rings. The van der Waals surface area contributed by atoms with Gasteiger partial charge < -0.3 is 9.79 Å². The summed E-state index contributed by atoms with van der Waals surface area (Å²) in [5, 5.41) is 0. The molecule has 0 amide bonds. The second-order valence-electron chi connectivity index (χ2n) is 7.06. The van der Waals surface area contributed by atoms with Gasteiger partial charge in [0.25, 0.3) is 0 Å². The molecule has 0 heterocycles. The first-order valence-electron chi connectivity index (χ1n) is 8.97. The fourth-order valence-corrected chi connectivity index (χ4v) is 7.46. The van der Waals surface area contributed by atoms with E-state index in [9.17, 15) is 14.4 Å². The number of phosphoric acid groups is 1. The lowest BCUT2D eigenvalue weighted by atomic mass is 9.85. The number of halogens is 12. The van der Waals surface area contributed by atoms with E-state index in [2.05, 4.69) is 31.9 Å². The fraction of sp³-hybridized carbons (Fsp3) is 1.00. The normalized spacial score (nSPS) is 15.0. The second-order valence-corrected chi connectivity index (χ2v) is 19.7. The summed E-state index contributed by atoms with van der Waals surface area (Å²) in [7, 11) is -5.17. The van der Waals surface area contributed by atoms with E-state index in [4.69, 9.17) is 121 Å². The first-order chi connectivity index (χ1) is 14.0. The van der Waals surface area contributed by atoms with E-state index in [1.54, 1.807) is 0 Å². The van der Waals surface area contributed by atoms with Gasteiger partial charge in [-0.25, -0.2) is 4.57 Å². The highest BCUT2D eigenvalue weighted by Crippen LogP contribution is 2.62. The third kappa shape index (κ3) is 14.2. The Morgan fingerprint density at radius 2 is 1.00 bits per heavy atom. The molecule has 2 N–H and O–H groups in total. The third-order valence-electron chi connectivity index (χ3n) is 4.30. The van der Waals surface area contributed by atoms with E-state index in [0.29, 0.717) is 25.7 Å². The minimum Gasteiger partial charge on any atom is -0.303 e. The van der Waals surface area contributed by atoms with Gasteiger partial charge in [-0.2, -0.15) is 0 Å². The van der Waals surface area contributed by atoms with E-state index in [0.717, 1.165) is 0 Å². The van der Waals surface area contributed by atoms with Crippen LogP contribution in [0.4, 0.5) is 0 Å². The predicted molar refractivity (Wildman–Crippen MR) is 149 cm³/mol. The second kappa shape index (κ2) is 14.4. The monoisotopic (exact) mass is 804 g/mol. The Bertz CT molecular complexity index is 588. The van der Waals surface area contributed by atoms with Crippen LogP contribution in [0, 0.1) is 0 Å². The molecule has 0 aromatic carbocycles. The Morgan fingerprint density at radius 1 is 0.688 bits per heavy atom. The molecule has 194 valence electrons. The van der Waals surface area contributed by atoms with Crippen LogP contribution < -0.4 is 0 Å². The zero-order chi connectivity index (χ0) is 25.6. The smallest absolute Gasteiger partial charge is 0.303 e. The van der Waals surface area contributed by atoms with Crippen LogP contribution in [0.2, 0.25) is 0 Å². The summed E-state index contributed by atoms with van der Waals surface area (Å²) >= 11 is 67.7. The van der Waals surface area contributed by atoms with E-state index >= 15 is 0 Å². The molecule has 0 radical (unpaired) electrons. The van der Waals surface area contributed by atoms with Crippen LogP contribution in [0.5, 0.6) is 0 Å². The van der Waals surface area contributed by atoms with Gasteiger partial charge in [-0.15, -0.1) is 0 Å². The molecule has 32 heavy (non-hydrogen) atoms. The number of hydrogen-bond acceptors (Lipinski definition) is 2. The topological polar surface area (TPSA) is 66.8 Å². The lowest BCUT2D eigenvalue weighted by Crippen LogP contribution is -2.60. The molecule has 0 rings (SSSR count). The maximum absolute atomic E-state index is 11.9. The van der Waals surface area contributed by atoms with Crippen LogP contribution in [0.3, 0.4) is 0 Å². The van der Waals surface area contributed by atoms with Crippen LogP contribution >= 0.6 is 156 Å². The van der Waals surface area contributed by atoms with Gasteiger partial charge in [-0.3, -0.25) is 4.52 Å². The number of alkyl halides is 12. The van der Waals surface area contributed by atoms with Crippen molar-refractivity contribution in [2.45, 2.75) is 83.4 Å². The van der Waals surface area contributed by atoms with E-state index in [1.165, 1.54) is 0 Å². The van der Waals surface area contributed by atoms with Crippen molar-refractivity contribution in [3.05, 3.63) is 0 Å². The van der Waals surface area contributed by atoms with Gasteiger partial charge >= 0.3 is 7.82 Å². The first-order valence-corrected chi connectivity index (χ1v) is 16.1. The molecule has 0 aliphatic carbocycles. The van der Waals surface area contributed by atoms with Gasteiger partial charge in [0, 0.05) is 6.42 Å². The maximum Gasteiger partial charge on any atom is 0.470 e. The fourth-order valence-electron chi connectivity index (χ4n) is 2.91. The summed E-state index contributed by atoms with van der Waals surface area (Å²) in [5.41, 5.74) is -2.14. The van der Waals surface area contributed by atoms with Crippen molar-refractivity contribution in [2.75, 3.05) is 0 Å². The Balaban J connectivity index is 5.94. The standard InChI is InChI=1S/C15H21Br2Cl10O4P/c16-10(17)9-11(31-32(28,29)30,12(18,19)5-1-3-7-14(22,23)24)13(20,21)6-2-4-8-15(25,26)27/h10H,1-9H2,(H2,28,29,30).